The van der Waals surface area contributed by atoms with Crippen molar-refractivity contribution in [2.45, 2.75) is 12.8 Å². The second-order valence-electron chi connectivity index (χ2n) is 5.67. The molecule has 0 aliphatic heterocycles. The standard InChI is InChI=1S/C18H18N4O3/c1-12(13-6-3-2-4-7-13)11-19-17(23)20-15-9-5-8-14(10-15)16-21-18(24)25-22-16/h2-10,12H,11H2,1H3,(H2,19,20,23)(H,21,22,24)/t12-/m0/s1. The summed E-state index contributed by atoms with van der Waals surface area (Å²) >= 11 is 0. The average molecular weight is 338 g/mol. The molecular formula is C18H18N4O3. The first kappa shape index (κ1) is 16.5. The fourth-order valence-corrected chi connectivity index (χ4v) is 2.42. The molecule has 25 heavy (non-hydrogen) atoms. The van der Waals surface area contributed by atoms with Gasteiger partial charge in [0.15, 0.2) is 5.82 Å². The fourth-order valence-electron chi connectivity index (χ4n) is 2.42. The molecule has 0 radical (unpaired) electrons. The normalized spacial score (nSPS) is 11.7. The van der Waals surface area contributed by atoms with Crippen molar-refractivity contribution in [3.63, 3.8) is 0 Å². The summed E-state index contributed by atoms with van der Waals surface area (Å²) in [4.78, 5) is 25.6. The van der Waals surface area contributed by atoms with E-state index in [0.717, 1.165) is 0 Å². The Balaban J connectivity index is 1.59. The average Bonchev–Trinajstić information content (AvgIpc) is 3.07. The lowest BCUT2D eigenvalue weighted by Gasteiger charge is -2.14. The summed E-state index contributed by atoms with van der Waals surface area (Å²) < 4.78 is 4.49. The van der Waals surface area contributed by atoms with Gasteiger partial charge in [-0.3, -0.25) is 9.51 Å². The van der Waals surface area contributed by atoms with Gasteiger partial charge in [-0.1, -0.05) is 54.5 Å². The Morgan fingerprint density at radius 1 is 1.20 bits per heavy atom. The van der Waals surface area contributed by atoms with E-state index in [-0.39, 0.29) is 11.9 Å². The number of anilines is 1. The summed E-state index contributed by atoms with van der Waals surface area (Å²) in [5.41, 5.74) is 2.40. The molecule has 0 aliphatic carbocycles. The molecule has 0 saturated heterocycles. The van der Waals surface area contributed by atoms with Gasteiger partial charge < -0.3 is 10.6 Å². The van der Waals surface area contributed by atoms with Crippen molar-refractivity contribution in [1.29, 1.82) is 0 Å². The number of amides is 2. The lowest BCUT2D eigenvalue weighted by atomic mass is 10.0. The van der Waals surface area contributed by atoms with E-state index in [4.69, 9.17) is 0 Å². The Morgan fingerprint density at radius 2 is 2.00 bits per heavy atom. The van der Waals surface area contributed by atoms with E-state index in [1.54, 1.807) is 24.3 Å². The molecule has 7 heteroatoms. The smallest absolute Gasteiger partial charge is 0.337 e. The van der Waals surface area contributed by atoms with Crippen molar-refractivity contribution in [3.05, 3.63) is 70.7 Å². The van der Waals surface area contributed by atoms with Gasteiger partial charge in [0.2, 0.25) is 0 Å². The zero-order chi connectivity index (χ0) is 17.6. The molecule has 3 aromatic rings. The van der Waals surface area contributed by atoms with Crippen molar-refractivity contribution in [1.82, 2.24) is 15.5 Å². The third-order valence-corrected chi connectivity index (χ3v) is 3.77. The van der Waals surface area contributed by atoms with Crippen LogP contribution >= 0.6 is 0 Å². The van der Waals surface area contributed by atoms with Crippen LogP contribution in [-0.4, -0.2) is 22.7 Å². The van der Waals surface area contributed by atoms with E-state index < -0.39 is 5.76 Å². The zero-order valence-corrected chi connectivity index (χ0v) is 13.7. The minimum atomic E-state index is -0.624. The van der Waals surface area contributed by atoms with Gasteiger partial charge in [-0.25, -0.2) is 9.59 Å². The highest BCUT2D eigenvalue weighted by Gasteiger charge is 2.09. The van der Waals surface area contributed by atoms with Gasteiger partial charge in [0.1, 0.15) is 0 Å². The van der Waals surface area contributed by atoms with E-state index in [1.807, 2.05) is 30.3 Å². The molecule has 0 unspecified atom stereocenters. The molecule has 3 rings (SSSR count). The van der Waals surface area contributed by atoms with Crippen LogP contribution in [0.5, 0.6) is 0 Å². The van der Waals surface area contributed by atoms with Crippen molar-refractivity contribution < 1.29 is 9.32 Å². The quantitative estimate of drug-likeness (QED) is 0.666. The Hall–Kier alpha value is -3.35. The van der Waals surface area contributed by atoms with Crippen molar-refractivity contribution in [3.8, 4) is 11.4 Å². The van der Waals surface area contributed by atoms with E-state index in [1.165, 1.54) is 5.56 Å². The van der Waals surface area contributed by atoms with E-state index in [9.17, 15) is 9.59 Å². The summed E-state index contributed by atoms with van der Waals surface area (Å²) in [7, 11) is 0. The highest BCUT2D eigenvalue weighted by Crippen LogP contribution is 2.18. The molecule has 1 aromatic heterocycles. The number of carbonyl (C=O) groups excluding carboxylic acids is 1. The summed E-state index contributed by atoms with van der Waals surface area (Å²) in [5.74, 6) is -0.105. The van der Waals surface area contributed by atoms with Crippen molar-refractivity contribution >= 4 is 11.7 Å². The lowest BCUT2D eigenvalue weighted by Crippen LogP contribution is -2.31. The summed E-state index contributed by atoms with van der Waals surface area (Å²) in [6.45, 7) is 2.57. The first-order valence-electron chi connectivity index (χ1n) is 7.88. The Labute approximate surface area is 144 Å². The van der Waals surface area contributed by atoms with Gasteiger partial charge in [0.05, 0.1) is 0 Å². The maximum Gasteiger partial charge on any atom is 0.439 e. The van der Waals surface area contributed by atoms with Crippen LogP contribution in [0.3, 0.4) is 0 Å². The first-order chi connectivity index (χ1) is 12.1. The number of benzene rings is 2. The Bertz CT molecular complexity index is 902. The fraction of sp³-hybridized carbons (Fsp3) is 0.167. The first-order valence-corrected chi connectivity index (χ1v) is 7.88. The highest BCUT2D eigenvalue weighted by atomic mass is 16.5. The van der Waals surface area contributed by atoms with Gasteiger partial charge in [-0.05, 0) is 23.6 Å². The molecule has 3 N–H and O–H groups in total. The van der Waals surface area contributed by atoms with Crippen LogP contribution in [0, 0.1) is 0 Å². The summed E-state index contributed by atoms with van der Waals surface area (Å²) in [5, 5.41) is 9.24. The van der Waals surface area contributed by atoms with Gasteiger partial charge in [0, 0.05) is 17.8 Å². The van der Waals surface area contributed by atoms with E-state index in [0.29, 0.717) is 23.6 Å². The molecule has 0 fully saturated rings. The van der Waals surface area contributed by atoms with Crippen LogP contribution in [-0.2, 0) is 0 Å². The van der Waals surface area contributed by atoms with Crippen molar-refractivity contribution in [2.24, 2.45) is 0 Å². The number of H-pyrrole nitrogens is 1. The number of hydrogen-bond acceptors (Lipinski definition) is 4. The number of aromatic nitrogens is 2. The molecule has 1 atom stereocenters. The van der Waals surface area contributed by atoms with Crippen LogP contribution in [0.15, 0.2) is 63.9 Å². The van der Waals surface area contributed by atoms with E-state index >= 15 is 0 Å². The molecular weight excluding hydrogens is 320 g/mol. The molecule has 2 aromatic carbocycles. The number of rotatable bonds is 5. The molecule has 7 nitrogen and oxygen atoms in total. The number of aromatic amines is 1. The maximum absolute atomic E-state index is 12.1. The van der Waals surface area contributed by atoms with Crippen LogP contribution in [0.2, 0.25) is 0 Å². The lowest BCUT2D eigenvalue weighted by molar-refractivity contribution is 0.251. The van der Waals surface area contributed by atoms with Crippen LogP contribution < -0.4 is 16.4 Å². The highest BCUT2D eigenvalue weighted by molar-refractivity contribution is 5.89. The van der Waals surface area contributed by atoms with Gasteiger partial charge in [-0.2, -0.15) is 0 Å². The van der Waals surface area contributed by atoms with Crippen LogP contribution in [0.1, 0.15) is 18.4 Å². The van der Waals surface area contributed by atoms with Crippen LogP contribution in [0.4, 0.5) is 10.5 Å². The largest absolute Gasteiger partial charge is 0.439 e. The second-order valence-corrected chi connectivity index (χ2v) is 5.67. The number of urea groups is 1. The number of nitrogens with one attached hydrogen (secondary N) is 3. The second kappa shape index (κ2) is 7.48. The third-order valence-electron chi connectivity index (χ3n) is 3.77. The minimum absolute atomic E-state index is 0.207. The molecule has 0 bridgehead atoms. The zero-order valence-electron chi connectivity index (χ0n) is 13.7. The molecule has 0 saturated carbocycles. The Kier molecular flexibility index (Phi) is 4.94. The monoisotopic (exact) mass is 338 g/mol. The molecule has 2 amide bonds. The van der Waals surface area contributed by atoms with E-state index in [2.05, 4.69) is 32.2 Å². The van der Waals surface area contributed by atoms with Crippen LogP contribution in [0.25, 0.3) is 11.4 Å². The third kappa shape index (κ3) is 4.35. The minimum Gasteiger partial charge on any atom is -0.337 e. The molecule has 128 valence electrons. The number of nitrogens with zero attached hydrogens (tertiary/aromatic N) is 1. The molecule has 1 heterocycles. The predicted octanol–water partition coefficient (Wildman–Crippen LogP) is 2.96. The van der Waals surface area contributed by atoms with Gasteiger partial charge in [0.25, 0.3) is 0 Å². The summed E-state index contributed by atoms with van der Waals surface area (Å²) in [6, 6.07) is 16.7. The number of carbonyl (C=O) groups is 1. The molecule has 0 spiro atoms. The van der Waals surface area contributed by atoms with Crippen molar-refractivity contribution in [2.75, 3.05) is 11.9 Å². The van der Waals surface area contributed by atoms with Gasteiger partial charge in [-0.15, -0.1) is 0 Å². The summed E-state index contributed by atoms with van der Waals surface area (Å²) in [6.07, 6.45) is 0. The number of hydrogen-bond donors (Lipinski definition) is 3. The Morgan fingerprint density at radius 3 is 2.72 bits per heavy atom. The molecule has 0 aliphatic rings. The SMILES string of the molecule is C[C@@H](CNC(=O)Nc1cccc(-c2noc(=O)[nH]2)c1)c1ccccc1. The maximum atomic E-state index is 12.1. The topological polar surface area (TPSA) is 100 Å². The predicted molar refractivity (Wildman–Crippen MR) is 94.4 cm³/mol. The van der Waals surface area contributed by atoms with Gasteiger partial charge >= 0.3 is 11.8 Å².